The second-order valence-electron chi connectivity index (χ2n) is 6.67. The maximum Gasteiger partial charge on any atom is 0.226 e. The largest absolute Gasteiger partial charge is 0.444 e. The maximum atomic E-state index is 5.55. The number of hydrogen-bond donors (Lipinski definition) is 2. The zero-order valence-electron chi connectivity index (χ0n) is 16.9. The summed E-state index contributed by atoms with van der Waals surface area (Å²) in [6.07, 6.45) is 3.25. The van der Waals surface area contributed by atoms with Crippen molar-refractivity contribution in [2.75, 3.05) is 13.6 Å². The van der Waals surface area contributed by atoms with E-state index in [1.165, 1.54) is 0 Å². The average molecular weight is 510 g/mol. The topological polar surface area (TPSA) is 101 Å². The van der Waals surface area contributed by atoms with Gasteiger partial charge in [0.2, 0.25) is 11.8 Å². The van der Waals surface area contributed by atoms with E-state index in [1.807, 2.05) is 44.2 Å². The molecular weight excluding hydrogens is 483 g/mol. The molecule has 3 rings (SSSR count). The summed E-state index contributed by atoms with van der Waals surface area (Å²) in [5.41, 5.74) is 1.77. The number of guanidine groups is 1. The van der Waals surface area contributed by atoms with Gasteiger partial charge in [0.1, 0.15) is 6.26 Å². The summed E-state index contributed by atoms with van der Waals surface area (Å²) >= 11 is 0. The summed E-state index contributed by atoms with van der Waals surface area (Å²) in [5, 5.41) is 10.5. The number of rotatable bonds is 8. The Labute approximate surface area is 187 Å². The van der Waals surface area contributed by atoms with Gasteiger partial charge in [-0.1, -0.05) is 37.2 Å². The first-order chi connectivity index (χ1) is 13.7. The van der Waals surface area contributed by atoms with Crippen LogP contribution in [0.2, 0.25) is 0 Å². The Kier molecular flexibility index (Phi) is 9.10. The molecule has 0 unspecified atom stereocenters. The van der Waals surface area contributed by atoms with Crippen LogP contribution in [-0.2, 0) is 13.0 Å². The van der Waals surface area contributed by atoms with Crippen molar-refractivity contribution < 1.29 is 8.94 Å². The van der Waals surface area contributed by atoms with Crippen molar-refractivity contribution >= 4 is 29.9 Å². The van der Waals surface area contributed by atoms with E-state index in [0.29, 0.717) is 24.3 Å². The molecule has 0 aliphatic rings. The molecule has 1 aromatic carbocycles. The van der Waals surface area contributed by atoms with E-state index in [1.54, 1.807) is 13.3 Å². The lowest BCUT2D eigenvalue weighted by atomic mass is 10.2. The first kappa shape index (κ1) is 22.9. The van der Waals surface area contributed by atoms with Crippen LogP contribution in [0.25, 0.3) is 11.5 Å². The summed E-state index contributed by atoms with van der Waals surface area (Å²) in [4.78, 5) is 13.1. The number of aromatic nitrogens is 3. The van der Waals surface area contributed by atoms with Gasteiger partial charge in [-0.15, -0.1) is 24.0 Å². The van der Waals surface area contributed by atoms with Gasteiger partial charge >= 0.3 is 0 Å². The van der Waals surface area contributed by atoms with Gasteiger partial charge in [0, 0.05) is 31.5 Å². The molecule has 0 bridgehead atoms. The van der Waals surface area contributed by atoms with Crippen molar-refractivity contribution in [1.29, 1.82) is 0 Å². The molecule has 0 amide bonds. The van der Waals surface area contributed by atoms with Crippen LogP contribution < -0.4 is 10.6 Å². The van der Waals surface area contributed by atoms with Gasteiger partial charge in [-0.25, -0.2) is 4.98 Å². The first-order valence-electron chi connectivity index (χ1n) is 9.42. The van der Waals surface area contributed by atoms with Crippen LogP contribution in [0.3, 0.4) is 0 Å². The zero-order chi connectivity index (χ0) is 19.8. The number of nitrogens with one attached hydrogen (secondary N) is 2. The van der Waals surface area contributed by atoms with Crippen molar-refractivity contribution in [3.8, 4) is 11.5 Å². The molecule has 0 saturated heterocycles. The second kappa shape index (κ2) is 11.5. The second-order valence-corrected chi connectivity index (χ2v) is 6.67. The highest BCUT2D eigenvalue weighted by Gasteiger charge is 2.10. The summed E-state index contributed by atoms with van der Waals surface area (Å²) in [6.45, 7) is 5.36. The van der Waals surface area contributed by atoms with Crippen molar-refractivity contribution in [2.45, 2.75) is 39.2 Å². The Hall–Kier alpha value is -2.43. The molecule has 2 heterocycles. The molecule has 2 N–H and O–H groups in total. The molecule has 0 saturated carbocycles. The van der Waals surface area contributed by atoms with Crippen LogP contribution in [0.15, 0.2) is 50.5 Å². The minimum Gasteiger partial charge on any atom is -0.444 e. The molecule has 8 nitrogen and oxygen atoms in total. The molecule has 0 aliphatic carbocycles. The SMILES string of the molecule is CN=C(NCCCc1nc(C(C)C)no1)NCc1coc(-c2ccccc2)n1.I. The van der Waals surface area contributed by atoms with Crippen molar-refractivity contribution in [1.82, 2.24) is 25.8 Å². The van der Waals surface area contributed by atoms with Crippen LogP contribution in [0.1, 0.15) is 43.6 Å². The normalized spacial score (nSPS) is 11.4. The summed E-state index contributed by atoms with van der Waals surface area (Å²) in [5.74, 6) is 3.02. The number of halogens is 1. The van der Waals surface area contributed by atoms with Gasteiger partial charge in [-0.3, -0.25) is 4.99 Å². The van der Waals surface area contributed by atoms with Gasteiger partial charge in [0.25, 0.3) is 0 Å². The van der Waals surface area contributed by atoms with Gasteiger partial charge in [-0.05, 0) is 18.6 Å². The van der Waals surface area contributed by atoms with E-state index in [4.69, 9.17) is 8.94 Å². The number of aliphatic imine (C=N–C) groups is 1. The summed E-state index contributed by atoms with van der Waals surface area (Å²) in [6, 6.07) is 9.82. The number of aryl methyl sites for hydroxylation is 1. The predicted molar refractivity (Wildman–Crippen MR) is 122 cm³/mol. The Bertz CT molecular complexity index is 891. The lowest BCUT2D eigenvalue weighted by Crippen LogP contribution is -2.37. The molecule has 9 heteroatoms. The molecule has 0 aliphatic heterocycles. The summed E-state index contributed by atoms with van der Waals surface area (Å²) < 4.78 is 10.8. The molecule has 2 aromatic heterocycles. The number of oxazole rings is 1. The highest BCUT2D eigenvalue weighted by atomic mass is 127. The summed E-state index contributed by atoms with van der Waals surface area (Å²) in [7, 11) is 1.74. The maximum absolute atomic E-state index is 5.55. The van der Waals surface area contributed by atoms with Crippen LogP contribution in [-0.4, -0.2) is 34.7 Å². The monoisotopic (exact) mass is 510 g/mol. The van der Waals surface area contributed by atoms with Gasteiger partial charge in [0.15, 0.2) is 11.8 Å². The number of benzene rings is 1. The molecule has 156 valence electrons. The van der Waals surface area contributed by atoms with Gasteiger partial charge in [0.05, 0.1) is 12.2 Å². The average Bonchev–Trinajstić information content (AvgIpc) is 3.38. The first-order valence-corrected chi connectivity index (χ1v) is 9.42. The molecule has 3 aromatic rings. The Balaban J connectivity index is 0.00000300. The number of nitrogens with zero attached hydrogens (tertiary/aromatic N) is 4. The third kappa shape index (κ3) is 6.84. The van der Waals surface area contributed by atoms with E-state index < -0.39 is 0 Å². The van der Waals surface area contributed by atoms with Crippen LogP contribution in [0.4, 0.5) is 0 Å². The van der Waals surface area contributed by atoms with Gasteiger partial charge < -0.3 is 19.6 Å². The number of hydrogen-bond acceptors (Lipinski definition) is 6. The molecule has 29 heavy (non-hydrogen) atoms. The molecule has 0 radical (unpaired) electrons. The molecular formula is C20H27IN6O2. The quantitative estimate of drug-likeness (QED) is 0.206. The van der Waals surface area contributed by atoms with E-state index in [0.717, 1.165) is 36.5 Å². The minimum absolute atomic E-state index is 0. The van der Waals surface area contributed by atoms with Crippen molar-refractivity contribution in [3.05, 3.63) is 54.0 Å². The van der Waals surface area contributed by atoms with Gasteiger partial charge in [-0.2, -0.15) is 4.98 Å². The van der Waals surface area contributed by atoms with E-state index in [-0.39, 0.29) is 29.9 Å². The van der Waals surface area contributed by atoms with Crippen molar-refractivity contribution in [2.24, 2.45) is 4.99 Å². The fourth-order valence-corrected chi connectivity index (χ4v) is 2.55. The molecule has 0 spiro atoms. The molecule has 0 fully saturated rings. The smallest absolute Gasteiger partial charge is 0.226 e. The predicted octanol–water partition coefficient (Wildman–Crippen LogP) is 3.76. The van der Waals surface area contributed by atoms with E-state index >= 15 is 0 Å². The highest BCUT2D eigenvalue weighted by Crippen LogP contribution is 2.17. The van der Waals surface area contributed by atoms with Crippen LogP contribution >= 0.6 is 24.0 Å². The lowest BCUT2D eigenvalue weighted by Gasteiger charge is -2.10. The Morgan fingerprint density at radius 2 is 1.93 bits per heavy atom. The van der Waals surface area contributed by atoms with Crippen LogP contribution in [0, 0.1) is 0 Å². The Morgan fingerprint density at radius 1 is 1.14 bits per heavy atom. The van der Waals surface area contributed by atoms with E-state index in [2.05, 4.69) is 30.8 Å². The highest BCUT2D eigenvalue weighted by molar-refractivity contribution is 14.0. The lowest BCUT2D eigenvalue weighted by molar-refractivity contribution is 0.368. The van der Waals surface area contributed by atoms with Crippen LogP contribution in [0.5, 0.6) is 0 Å². The standard InChI is InChI=1S/C20H26N6O2.HI/c1-14(2)18-25-17(28-26-18)10-7-11-22-20(21-3)23-12-16-13-27-19(24-16)15-8-5-4-6-9-15;/h4-6,8-9,13-14H,7,10-12H2,1-3H3,(H2,21,22,23);1H. The zero-order valence-corrected chi connectivity index (χ0v) is 19.2. The fourth-order valence-electron chi connectivity index (χ4n) is 2.55. The molecule has 0 atom stereocenters. The third-order valence-electron chi connectivity index (χ3n) is 4.09. The fraction of sp³-hybridized carbons (Fsp3) is 0.400. The minimum atomic E-state index is 0. The van der Waals surface area contributed by atoms with Crippen molar-refractivity contribution in [3.63, 3.8) is 0 Å². The Morgan fingerprint density at radius 3 is 2.62 bits per heavy atom. The van der Waals surface area contributed by atoms with E-state index in [9.17, 15) is 0 Å². The third-order valence-corrected chi connectivity index (χ3v) is 4.09.